The van der Waals surface area contributed by atoms with Gasteiger partial charge in [0.25, 0.3) is 0 Å². The average molecular weight is 274 g/mol. The number of hydrogen-bond acceptors (Lipinski definition) is 1. The summed E-state index contributed by atoms with van der Waals surface area (Å²) in [5.41, 5.74) is 4.80. The van der Waals surface area contributed by atoms with Crippen LogP contribution in [0.3, 0.4) is 0 Å². The quantitative estimate of drug-likeness (QED) is 0.547. The number of nitrogens with one attached hydrogen (secondary N) is 1. The largest absolute Gasteiger partial charge is 0.445 e. The van der Waals surface area contributed by atoms with Crippen molar-refractivity contribution in [3.63, 3.8) is 0 Å². The van der Waals surface area contributed by atoms with Crippen molar-refractivity contribution in [3.05, 3.63) is 78.4 Å². The van der Waals surface area contributed by atoms with E-state index in [0.29, 0.717) is 0 Å². The van der Waals surface area contributed by atoms with Crippen molar-refractivity contribution >= 4 is 17.1 Å². The lowest BCUT2D eigenvalue weighted by molar-refractivity contribution is -0.684. The van der Waals surface area contributed by atoms with Crippen LogP contribution in [-0.4, -0.2) is 0 Å². The normalized spacial score (nSPS) is 13.2. The molecule has 1 N–H and O–H groups in total. The zero-order valence-corrected chi connectivity index (χ0v) is 11.8. The number of ether oxygens (including phenoxy) is 1. The van der Waals surface area contributed by atoms with Crippen molar-refractivity contribution in [3.8, 4) is 11.5 Å². The van der Waals surface area contributed by atoms with Gasteiger partial charge in [0.05, 0.1) is 0 Å². The molecule has 4 rings (SSSR count). The Morgan fingerprint density at radius 1 is 0.667 bits per heavy atom. The van der Waals surface area contributed by atoms with E-state index in [9.17, 15) is 0 Å². The lowest BCUT2D eigenvalue weighted by Gasteiger charge is -2.26. The minimum atomic E-state index is 0.923. The first-order valence-electron chi connectivity index (χ1n) is 7.13. The van der Waals surface area contributed by atoms with E-state index >= 15 is 0 Å². The number of benzene rings is 3. The minimum Gasteiger partial charge on any atom is -0.445 e. The van der Waals surface area contributed by atoms with Crippen LogP contribution < -0.4 is 9.64 Å². The Morgan fingerprint density at radius 2 is 1.19 bits per heavy atom. The van der Waals surface area contributed by atoms with Crippen LogP contribution in [-0.2, 0) is 0 Å². The van der Waals surface area contributed by atoms with Crippen molar-refractivity contribution in [2.24, 2.45) is 0 Å². The second kappa shape index (κ2) is 4.76. The fourth-order valence-corrected chi connectivity index (χ4v) is 2.82. The van der Waals surface area contributed by atoms with Gasteiger partial charge >= 0.3 is 0 Å². The maximum Gasteiger partial charge on any atom is 0.189 e. The number of quaternary nitrogens is 1. The van der Waals surface area contributed by atoms with Gasteiger partial charge in [0.15, 0.2) is 22.9 Å². The molecule has 0 saturated carbocycles. The first kappa shape index (κ1) is 12.2. The van der Waals surface area contributed by atoms with Crippen LogP contribution in [0.2, 0.25) is 0 Å². The molecule has 3 aromatic rings. The third-order valence-corrected chi connectivity index (χ3v) is 3.87. The molecule has 102 valence electrons. The van der Waals surface area contributed by atoms with Gasteiger partial charge in [-0.1, -0.05) is 42.0 Å². The van der Waals surface area contributed by atoms with Crippen LogP contribution in [0.4, 0.5) is 17.1 Å². The van der Waals surface area contributed by atoms with Gasteiger partial charge < -0.3 is 4.74 Å². The molecule has 0 bridgehead atoms. The minimum absolute atomic E-state index is 0.923. The molecule has 0 amide bonds. The molecule has 1 aliphatic heterocycles. The van der Waals surface area contributed by atoms with Crippen LogP contribution >= 0.6 is 0 Å². The zero-order chi connectivity index (χ0) is 14.2. The summed E-state index contributed by atoms with van der Waals surface area (Å²) in [7, 11) is 0. The molecule has 1 heterocycles. The predicted molar refractivity (Wildman–Crippen MR) is 84.1 cm³/mol. The van der Waals surface area contributed by atoms with E-state index in [-0.39, 0.29) is 0 Å². The summed E-state index contributed by atoms with van der Waals surface area (Å²) < 4.78 is 6.03. The Hall–Kier alpha value is -2.58. The van der Waals surface area contributed by atoms with Crippen LogP contribution in [0.15, 0.2) is 72.8 Å². The van der Waals surface area contributed by atoms with Crippen molar-refractivity contribution in [1.82, 2.24) is 0 Å². The molecular weight excluding hydrogens is 258 g/mol. The summed E-state index contributed by atoms with van der Waals surface area (Å²) in [5.74, 6) is 1.85. The van der Waals surface area contributed by atoms with Crippen molar-refractivity contribution in [1.29, 1.82) is 0 Å². The summed E-state index contributed by atoms with van der Waals surface area (Å²) in [6.45, 7) is 2.11. The highest BCUT2D eigenvalue weighted by Gasteiger charge is 2.30. The lowest BCUT2D eigenvalue weighted by Crippen LogP contribution is -2.97. The van der Waals surface area contributed by atoms with Crippen molar-refractivity contribution < 1.29 is 9.64 Å². The standard InChI is InChI=1S/C19H15NO/c1-14-10-12-15(13-11-14)20-16-6-2-4-8-18(16)21-19-9-5-3-7-17(19)20/h2-13H,1H3/p+1. The number of aryl methyl sites for hydroxylation is 1. The van der Waals surface area contributed by atoms with E-state index in [1.165, 1.54) is 16.2 Å². The molecule has 3 aromatic carbocycles. The molecule has 2 nitrogen and oxygen atoms in total. The first-order valence-corrected chi connectivity index (χ1v) is 7.13. The van der Waals surface area contributed by atoms with Crippen molar-refractivity contribution in [2.75, 3.05) is 0 Å². The summed E-state index contributed by atoms with van der Waals surface area (Å²) in [6, 6.07) is 25.1. The van der Waals surface area contributed by atoms with Crippen LogP contribution in [0.1, 0.15) is 5.56 Å². The monoisotopic (exact) mass is 274 g/mol. The second-order valence-corrected chi connectivity index (χ2v) is 5.34. The number of rotatable bonds is 1. The smallest absolute Gasteiger partial charge is 0.189 e. The fourth-order valence-electron chi connectivity index (χ4n) is 2.82. The summed E-state index contributed by atoms with van der Waals surface area (Å²) in [4.78, 5) is 1.24. The van der Waals surface area contributed by atoms with Gasteiger partial charge in [0, 0.05) is 24.3 Å². The average Bonchev–Trinajstić information content (AvgIpc) is 2.53. The van der Waals surface area contributed by atoms with Gasteiger partial charge in [-0.3, -0.25) is 0 Å². The number of para-hydroxylation sites is 4. The Balaban J connectivity index is 1.95. The molecule has 1 aliphatic rings. The molecule has 0 spiro atoms. The van der Waals surface area contributed by atoms with Gasteiger partial charge in [-0.2, -0.15) is 0 Å². The fraction of sp³-hybridized carbons (Fsp3) is 0.0526. The predicted octanol–water partition coefficient (Wildman–Crippen LogP) is 4.28. The van der Waals surface area contributed by atoms with E-state index in [1.807, 2.05) is 24.3 Å². The van der Waals surface area contributed by atoms with Gasteiger partial charge in [0.2, 0.25) is 0 Å². The Kier molecular flexibility index (Phi) is 2.76. The van der Waals surface area contributed by atoms with E-state index in [1.54, 1.807) is 0 Å². The van der Waals surface area contributed by atoms with Crippen LogP contribution in [0.25, 0.3) is 0 Å². The summed E-state index contributed by atoms with van der Waals surface area (Å²) in [5, 5.41) is 0. The molecular formula is C19H16NO+. The van der Waals surface area contributed by atoms with Crippen LogP contribution in [0, 0.1) is 6.92 Å². The Bertz CT molecular complexity index is 747. The Morgan fingerprint density at radius 3 is 1.76 bits per heavy atom. The third kappa shape index (κ3) is 2.01. The van der Waals surface area contributed by atoms with E-state index < -0.39 is 0 Å². The molecule has 0 radical (unpaired) electrons. The van der Waals surface area contributed by atoms with E-state index in [2.05, 4.69) is 55.5 Å². The van der Waals surface area contributed by atoms with Gasteiger partial charge in [-0.05, 0) is 19.1 Å². The number of fused-ring (bicyclic) bond motifs is 2. The topological polar surface area (TPSA) is 13.7 Å². The highest BCUT2D eigenvalue weighted by molar-refractivity contribution is 5.62. The van der Waals surface area contributed by atoms with Crippen molar-refractivity contribution in [2.45, 2.75) is 6.92 Å². The zero-order valence-electron chi connectivity index (χ0n) is 11.8. The molecule has 0 fully saturated rings. The highest BCUT2D eigenvalue weighted by Crippen LogP contribution is 2.37. The first-order chi connectivity index (χ1) is 10.3. The van der Waals surface area contributed by atoms with E-state index in [4.69, 9.17) is 4.74 Å². The molecule has 2 heteroatoms. The van der Waals surface area contributed by atoms with Gasteiger partial charge in [-0.15, -0.1) is 0 Å². The third-order valence-electron chi connectivity index (χ3n) is 3.87. The van der Waals surface area contributed by atoms with Gasteiger partial charge in [0.1, 0.15) is 5.69 Å². The maximum atomic E-state index is 6.03. The molecule has 21 heavy (non-hydrogen) atoms. The van der Waals surface area contributed by atoms with Crippen LogP contribution in [0.5, 0.6) is 11.5 Å². The highest BCUT2D eigenvalue weighted by atomic mass is 16.5. The summed E-state index contributed by atoms with van der Waals surface area (Å²) >= 11 is 0. The maximum absolute atomic E-state index is 6.03. The molecule has 0 aromatic heterocycles. The molecule has 0 saturated heterocycles. The Labute approximate surface area is 124 Å². The van der Waals surface area contributed by atoms with E-state index in [0.717, 1.165) is 22.9 Å². The lowest BCUT2D eigenvalue weighted by atomic mass is 10.1. The SMILES string of the molecule is Cc1ccc([NH+]2c3ccccc3Oc3ccccc32)cc1. The number of hydrogen-bond donors (Lipinski definition) is 1. The van der Waals surface area contributed by atoms with Gasteiger partial charge in [-0.25, -0.2) is 4.90 Å². The molecule has 0 atom stereocenters. The molecule has 0 unspecified atom stereocenters. The molecule has 0 aliphatic carbocycles. The second-order valence-electron chi connectivity index (χ2n) is 5.34. The summed E-state index contributed by atoms with van der Waals surface area (Å²) in [6.07, 6.45) is 0.